The van der Waals surface area contributed by atoms with Crippen molar-refractivity contribution in [3.05, 3.63) is 0 Å². The molecule has 0 unspecified atom stereocenters. The summed E-state index contributed by atoms with van der Waals surface area (Å²) < 4.78 is 0. The van der Waals surface area contributed by atoms with E-state index in [2.05, 4.69) is 10.6 Å². The van der Waals surface area contributed by atoms with Crippen molar-refractivity contribution in [3.8, 4) is 0 Å². The van der Waals surface area contributed by atoms with Crippen molar-refractivity contribution in [2.24, 2.45) is 0 Å². The van der Waals surface area contributed by atoms with Crippen LogP contribution in [0, 0.1) is 0 Å². The number of carboxylic acid groups (broad SMARTS) is 3. The van der Waals surface area contributed by atoms with Crippen molar-refractivity contribution in [2.45, 2.75) is 18.9 Å². The standard InChI is InChI=1S/C8H14N2O6/c11-6(12)2-1-5(8(15)16)10-4-9-3-7(13)14/h5,9-10H,1-4H2,(H,11,12)(H,13,14)(H,15,16)/t5-/m0/s1. The molecule has 0 amide bonds. The van der Waals surface area contributed by atoms with Crippen molar-refractivity contribution in [1.82, 2.24) is 10.6 Å². The fourth-order valence-electron chi connectivity index (χ4n) is 0.945. The average molecular weight is 234 g/mol. The molecule has 0 saturated carbocycles. The lowest BCUT2D eigenvalue weighted by Crippen LogP contribution is -2.43. The number of carboxylic acids is 3. The molecule has 0 spiro atoms. The van der Waals surface area contributed by atoms with Crippen LogP contribution in [0.1, 0.15) is 12.8 Å². The van der Waals surface area contributed by atoms with Crippen LogP contribution in [0.5, 0.6) is 0 Å². The van der Waals surface area contributed by atoms with Gasteiger partial charge in [-0.25, -0.2) is 0 Å². The zero-order valence-corrected chi connectivity index (χ0v) is 8.47. The van der Waals surface area contributed by atoms with E-state index in [4.69, 9.17) is 15.3 Å². The van der Waals surface area contributed by atoms with Gasteiger partial charge in [0.05, 0.1) is 6.54 Å². The molecule has 0 aromatic carbocycles. The minimum atomic E-state index is -1.17. The number of nitrogens with one attached hydrogen (secondary N) is 2. The Kier molecular flexibility index (Phi) is 6.81. The topological polar surface area (TPSA) is 136 Å². The Balaban J connectivity index is 3.81. The second kappa shape index (κ2) is 7.60. The first-order chi connectivity index (χ1) is 7.43. The maximum atomic E-state index is 10.6. The fourth-order valence-corrected chi connectivity index (χ4v) is 0.945. The Morgan fingerprint density at radius 3 is 2.12 bits per heavy atom. The van der Waals surface area contributed by atoms with Crippen LogP contribution >= 0.6 is 0 Å². The largest absolute Gasteiger partial charge is 0.481 e. The third-order valence-corrected chi connectivity index (χ3v) is 1.69. The van der Waals surface area contributed by atoms with E-state index in [9.17, 15) is 14.4 Å². The molecule has 0 heterocycles. The van der Waals surface area contributed by atoms with E-state index < -0.39 is 23.9 Å². The lowest BCUT2D eigenvalue weighted by atomic mass is 10.1. The summed E-state index contributed by atoms with van der Waals surface area (Å²) >= 11 is 0. The summed E-state index contributed by atoms with van der Waals surface area (Å²) in [7, 11) is 0. The van der Waals surface area contributed by atoms with Gasteiger partial charge in [-0.2, -0.15) is 0 Å². The predicted octanol–water partition coefficient (Wildman–Crippen LogP) is -1.47. The molecule has 8 heteroatoms. The Hall–Kier alpha value is -1.67. The van der Waals surface area contributed by atoms with Gasteiger partial charge in [-0.1, -0.05) is 0 Å². The zero-order chi connectivity index (χ0) is 12.6. The van der Waals surface area contributed by atoms with Gasteiger partial charge in [0.15, 0.2) is 0 Å². The molecule has 0 radical (unpaired) electrons. The molecule has 0 bridgehead atoms. The highest BCUT2D eigenvalue weighted by atomic mass is 16.4. The second-order valence-corrected chi connectivity index (χ2v) is 3.02. The summed E-state index contributed by atoms with van der Waals surface area (Å²) in [6, 6.07) is -1.00. The molecule has 8 nitrogen and oxygen atoms in total. The van der Waals surface area contributed by atoms with Gasteiger partial charge in [0.2, 0.25) is 0 Å². The first-order valence-corrected chi connectivity index (χ1v) is 4.54. The summed E-state index contributed by atoms with van der Waals surface area (Å²) in [5.41, 5.74) is 0. The normalized spacial score (nSPS) is 12.0. The molecule has 16 heavy (non-hydrogen) atoms. The molecular formula is C8H14N2O6. The molecule has 0 aliphatic heterocycles. The third kappa shape index (κ3) is 7.71. The fraction of sp³-hybridized carbons (Fsp3) is 0.625. The molecule has 0 rings (SSSR count). The molecular weight excluding hydrogens is 220 g/mol. The summed E-state index contributed by atoms with van der Waals surface area (Å²) in [5, 5.41) is 30.3. The van der Waals surface area contributed by atoms with Crippen LogP contribution in [-0.2, 0) is 14.4 Å². The molecule has 5 N–H and O–H groups in total. The smallest absolute Gasteiger partial charge is 0.320 e. The number of carbonyl (C=O) groups is 3. The SMILES string of the molecule is O=C(O)CC[C@H](NCNCC(=O)O)C(=O)O. The van der Waals surface area contributed by atoms with Crippen molar-refractivity contribution < 1.29 is 29.7 Å². The van der Waals surface area contributed by atoms with Gasteiger partial charge in [-0.15, -0.1) is 0 Å². The molecule has 0 aromatic heterocycles. The molecule has 1 atom stereocenters. The van der Waals surface area contributed by atoms with E-state index >= 15 is 0 Å². The molecule has 92 valence electrons. The summed E-state index contributed by atoms with van der Waals surface area (Å²) in [6.45, 7) is -0.304. The highest BCUT2D eigenvalue weighted by Crippen LogP contribution is 1.97. The van der Waals surface area contributed by atoms with E-state index in [1.165, 1.54) is 0 Å². The summed E-state index contributed by atoms with van der Waals surface area (Å²) in [5.74, 6) is -3.30. The Bertz CT molecular complexity index is 267. The van der Waals surface area contributed by atoms with Crippen molar-refractivity contribution in [1.29, 1.82) is 0 Å². The monoisotopic (exact) mass is 234 g/mol. The van der Waals surface area contributed by atoms with E-state index in [0.29, 0.717) is 0 Å². The van der Waals surface area contributed by atoms with Gasteiger partial charge in [0, 0.05) is 13.1 Å². The average Bonchev–Trinajstić information content (AvgIpc) is 2.15. The van der Waals surface area contributed by atoms with E-state index in [1.807, 2.05) is 0 Å². The van der Waals surface area contributed by atoms with Crippen LogP contribution in [-0.4, -0.2) is 52.5 Å². The lowest BCUT2D eigenvalue weighted by molar-refractivity contribution is -0.140. The molecule has 0 aliphatic carbocycles. The third-order valence-electron chi connectivity index (χ3n) is 1.69. The Labute approximate surface area is 91.3 Å². The Morgan fingerprint density at radius 1 is 1.06 bits per heavy atom. The second-order valence-electron chi connectivity index (χ2n) is 3.02. The van der Waals surface area contributed by atoms with E-state index in [0.717, 1.165) is 0 Å². The summed E-state index contributed by atoms with van der Waals surface area (Å²) in [4.78, 5) is 31.0. The first-order valence-electron chi connectivity index (χ1n) is 4.54. The predicted molar refractivity (Wildman–Crippen MR) is 51.9 cm³/mol. The van der Waals surface area contributed by atoms with Gasteiger partial charge in [-0.05, 0) is 6.42 Å². The van der Waals surface area contributed by atoms with Gasteiger partial charge in [0.25, 0.3) is 0 Å². The number of hydrogen-bond donors (Lipinski definition) is 5. The van der Waals surface area contributed by atoms with Gasteiger partial charge in [0.1, 0.15) is 6.04 Å². The first kappa shape index (κ1) is 14.3. The number of hydrogen-bond acceptors (Lipinski definition) is 5. The van der Waals surface area contributed by atoms with Crippen LogP contribution in [0.2, 0.25) is 0 Å². The van der Waals surface area contributed by atoms with Gasteiger partial charge >= 0.3 is 17.9 Å². The van der Waals surface area contributed by atoms with Crippen LogP contribution in [0.4, 0.5) is 0 Å². The maximum absolute atomic E-state index is 10.6. The van der Waals surface area contributed by atoms with Crippen molar-refractivity contribution in [2.75, 3.05) is 13.2 Å². The van der Waals surface area contributed by atoms with Crippen LogP contribution in [0.25, 0.3) is 0 Å². The number of aliphatic carboxylic acids is 3. The quantitative estimate of drug-likeness (QED) is 0.241. The minimum absolute atomic E-state index is 0.0110. The lowest BCUT2D eigenvalue weighted by Gasteiger charge is -2.13. The van der Waals surface area contributed by atoms with Crippen LogP contribution in [0.3, 0.4) is 0 Å². The molecule has 0 fully saturated rings. The highest BCUT2D eigenvalue weighted by molar-refractivity contribution is 5.75. The molecule has 0 aromatic rings. The number of rotatable bonds is 9. The minimum Gasteiger partial charge on any atom is -0.481 e. The zero-order valence-electron chi connectivity index (χ0n) is 8.47. The Morgan fingerprint density at radius 2 is 1.69 bits per heavy atom. The van der Waals surface area contributed by atoms with E-state index in [-0.39, 0.29) is 26.1 Å². The van der Waals surface area contributed by atoms with Crippen molar-refractivity contribution in [3.63, 3.8) is 0 Å². The van der Waals surface area contributed by atoms with Crippen molar-refractivity contribution >= 4 is 17.9 Å². The highest BCUT2D eigenvalue weighted by Gasteiger charge is 2.17. The molecule has 0 saturated heterocycles. The summed E-state index contributed by atoms with van der Waals surface area (Å²) in [6.07, 6.45) is -0.317. The van der Waals surface area contributed by atoms with Gasteiger partial charge < -0.3 is 15.3 Å². The van der Waals surface area contributed by atoms with Crippen LogP contribution < -0.4 is 10.6 Å². The molecule has 0 aliphatic rings. The van der Waals surface area contributed by atoms with Gasteiger partial charge in [-0.3, -0.25) is 25.0 Å². The van der Waals surface area contributed by atoms with E-state index in [1.54, 1.807) is 0 Å². The van der Waals surface area contributed by atoms with Crippen LogP contribution in [0.15, 0.2) is 0 Å². The maximum Gasteiger partial charge on any atom is 0.320 e.